The summed E-state index contributed by atoms with van der Waals surface area (Å²) in [6.07, 6.45) is 0.0431. The van der Waals surface area contributed by atoms with Gasteiger partial charge < -0.3 is 5.11 Å². The minimum atomic E-state index is -1.46. The Hall–Kier alpha value is -1.34. The summed E-state index contributed by atoms with van der Waals surface area (Å²) in [7, 11) is 0. The summed E-state index contributed by atoms with van der Waals surface area (Å²) in [4.78, 5) is 35.3. The Labute approximate surface area is 107 Å². The van der Waals surface area contributed by atoms with Crippen LogP contribution in [0.15, 0.2) is 17.5 Å². The van der Waals surface area contributed by atoms with E-state index in [0.29, 0.717) is 9.78 Å². The molecule has 0 spiro atoms. The van der Waals surface area contributed by atoms with E-state index in [4.69, 9.17) is 5.11 Å². The number of carbonyl (C=O) groups excluding carboxylic acids is 2. The molecule has 17 heavy (non-hydrogen) atoms. The van der Waals surface area contributed by atoms with E-state index >= 15 is 0 Å². The van der Waals surface area contributed by atoms with Crippen molar-refractivity contribution >= 4 is 41.7 Å². The second-order valence-electron chi connectivity index (χ2n) is 3.11. The van der Waals surface area contributed by atoms with Crippen molar-refractivity contribution in [3.05, 3.63) is 22.4 Å². The van der Waals surface area contributed by atoms with Gasteiger partial charge in [-0.05, 0) is 11.4 Å². The van der Waals surface area contributed by atoms with E-state index in [0.717, 1.165) is 11.3 Å². The molecule has 1 aromatic heterocycles. The Kier molecular flexibility index (Phi) is 4.71. The van der Waals surface area contributed by atoms with Gasteiger partial charge in [0, 0.05) is 6.42 Å². The first-order valence-corrected chi connectivity index (χ1v) is 6.19. The zero-order chi connectivity index (χ0) is 13.0. The monoisotopic (exact) mass is 273 g/mol. The fourth-order valence-electron chi connectivity index (χ4n) is 1.16. The molecule has 2 amide bonds. The molecular weight excluding hydrogens is 262 g/mol. The van der Waals surface area contributed by atoms with Crippen molar-refractivity contribution in [1.82, 2.24) is 4.90 Å². The normalized spacial score (nSPS) is 11.9. The van der Waals surface area contributed by atoms with Crippen LogP contribution in [0, 0.1) is 0 Å². The molecule has 1 unspecified atom stereocenters. The van der Waals surface area contributed by atoms with Gasteiger partial charge in [-0.1, -0.05) is 13.0 Å². The summed E-state index contributed by atoms with van der Waals surface area (Å²) < 4.78 is 0. The minimum Gasteiger partial charge on any atom is -0.479 e. The maximum Gasteiger partial charge on any atom is 0.337 e. The van der Waals surface area contributed by atoms with E-state index in [1.165, 1.54) is 6.07 Å². The first kappa shape index (κ1) is 13.7. The predicted molar refractivity (Wildman–Crippen MR) is 66.2 cm³/mol. The zero-order valence-corrected chi connectivity index (χ0v) is 10.7. The first-order valence-electron chi connectivity index (χ1n) is 4.79. The number of hydrogen-bond donors (Lipinski definition) is 2. The van der Waals surface area contributed by atoms with Crippen LogP contribution in [0.4, 0.5) is 0 Å². The van der Waals surface area contributed by atoms with Crippen LogP contribution in [0.5, 0.6) is 0 Å². The number of amides is 2. The predicted octanol–water partition coefficient (Wildman–Crippen LogP) is 1.47. The van der Waals surface area contributed by atoms with Crippen LogP contribution in [-0.2, 0) is 9.59 Å². The molecular formula is C10H11NO4S2. The van der Waals surface area contributed by atoms with Crippen molar-refractivity contribution in [2.45, 2.75) is 18.7 Å². The summed E-state index contributed by atoms with van der Waals surface area (Å²) in [5, 5.41) is 9.04. The lowest BCUT2D eigenvalue weighted by Gasteiger charge is -2.22. The van der Waals surface area contributed by atoms with E-state index < -0.39 is 23.2 Å². The third kappa shape index (κ3) is 3.07. The average Bonchev–Trinajstić information content (AvgIpc) is 2.81. The smallest absolute Gasteiger partial charge is 0.337 e. The fourth-order valence-corrected chi connectivity index (χ4v) is 2.05. The van der Waals surface area contributed by atoms with Gasteiger partial charge in [0.2, 0.25) is 5.91 Å². The number of carboxylic acids is 1. The van der Waals surface area contributed by atoms with E-state index in [2.05, 4.69) is 12.6 Å². The van der Waals surface area contributed by atoms with Gasteiger partial charge in [-0.15, -0.1) is 24.0 Å². The Morgan fingerprint density at radius 1 is 1.53 bits per heavy atom. The molecule has 0 fully saturated rings. The highest BCUT2D eigenvalue weighted by Crippen LogP contribution is 2.17. The van der Waals surface area contributed by atoms with Gasteiger partial charge in [0.05, 0.1) is 4.88 Å². The van der Waals surface area contributed by atoms with Gasteiger partial charge in [0.25, 0.3) is 5.91 Å². The first-order chi connectivity index (χ1) is 7.99. The minimum absolute atomic E-state index is 0.0431. The maximum absolute atomic E-state index is 12.0. The summed E-state index contributed by atoms with van der Waals surface area (Å²) in [6.45, 7) is 1.55. The highest BCUT2D eigenvalue weighted by molar-refractivity contribution is 7.81. The highest BCUT2D eigenvalue weighted by atomic mass is 32.1. The third-order valence-electron chi connectivity index (χ3n) is 1.99. The topological polar surface area (TPSA) is 74.7 Å². The number of rotatable bonds is 4. The number of hydrogen-bond acceptors (Lipinski definition) is 5. The van der Waals surface area contributed by atoms with E-state index in [1.54, 1.807) is 18.4 Å². The molecule has 92 valence electrons. The lowest BCUT2D eigenvalue weighted by Crippen LogP contribution is -2.45. The molecule has 0 bridgehead atoms. The molecule has 7 heteroatoms. The highest BCUT2D eigenvalue weighted by Gasteiger charge is 2.32. The molecule has 5 nitrogen and oxygen atoms in total. The number of carbonyl (C=O) groups is 3. The number of aliphatic carboxylic acids is 1. The SMILES string of the molecule is CCC(=O)N(C(=O)c1cccs1)C(S)C(=O)O. The number of carboxylic acid groups (broad SMARTS) is 1. The third-order valence-corrected chi connectivity index (χ3v) is 3.30. The van der Waals surface area contributed by atoms with Crippen LogP contribution in [0.2, 0.25) is 0 Å². The second-order valence-corrected chi connectivity index (χ2v) is 4.55. The van der Waals surface area contributed by atoms with E-state index in [1.807, 2.05) is 0 Å². The number of nitrogens with zero attached hydrogens (tertiary/aromatic N) is 1. The average molecular weight is 273 g/mol. The fraction of sp³-hybridized carbons (Fsp3) is 0.300. The van der Waals surface area contributed by atoms with Gasteiger partial charge in [-0.25, -0.2) is 4.79 Å². The molecule has 0 aliphatic rings. The van der Waals surface area contributed by atoms with Crippen LogP contribution in [0.3, 0.4) is 0 Å². The summed E-state index contributed by atoms with van der Waals surface area (Å²) in [5.41, 5.74) is 0. The molecule has 0 aliphatic heterocycles. The van der Waals surface area contributed by atoms with Crippen LogP contribution >= 0.6 is 24.0 Å². The van der Waals surface area contributed by atoms with Gasteiger partial charge in [-0.3, -0.25) is 14.5 Å². The van der Waals surface area contributed by atoms with E-state index in [9.17, 15) is 14.4 Å². The lowest BCUT2D eigenvalue weighted by molar-refractivity contribution is -0.144. The van der Waals surface area contributed by atoms with Crippen molar-refractivity contribution in [2.24, 2.45) is 0 Å². The van der Waals surface area contributed by atoms with Crippen molar-refractivity contribution in [2.75, 3.05) is 0 Å². The van der Waals surface area contributed by atoms with Gasteiger partial charge in [0.1, 0.15) is 0 Å². The molecule has 0 saturated heterocycles. The standard InChI is InChI=1S/C10H11NO4S2/c1-2-7(12)11(9(16)10(14)15)8(13)6-4-3-5-17-6/h3-5,9,16H,2H2,1H3,(H,14,15). The summed E-state index contributed by atoms with van der Waals surface area (Å²) in [5.74, 6) is -2.53. The Balaban J connectivity index is 3.03. The molecule has 1 heterocycles. The van der Waals surface area contributed by atoms with Crippen molar-refractivity contribution in [3.8, 4) is 0 Å². The van der Waals surface area contributed by atoms with Crippen LogP contribution in [-0.4, -0.2) is 33.2 Å². The quantitative estimate of drug-likeness (QED) is 0.643. The Bertz CT molecular complexity index is 430. The van der Waals surface area contributed by atoms with Crippen molar-refractivity contribution < 1.29 is 19.5 Å². The van der Waals surface area contributed by atoms with Gasteiger partial charge in [-0.2, -0.15) is 0 Å². The van der Waals surface area contributed by atoms with Crippen molar-refractivity contribution in [3.63, 3.8) is 0 Å². The largest absolute Gasteiger partial charge is 0.479 e. The molecule has 0 radical (unpaired) electrons. The molecule has 0 aromatic carbocycles. The van der Waals surface area contributed by atoms with Gasteiger partial charge >= 0.3 is 5.97 Å². The molecule has 1 aromatic rings. The molecule has 0 saturated carbocycles. The van der Waals surface area contributed by atoms with Crippen LogP contribution in [0.1, 0.15) is 23.0 Å². The molecule has 1 N–H and O–H groups in total. The van der Waals surface area contributed by atoms with Crippen LogP contribution in [0.25, 0.3) is 0 Å². The number of thiophene rings is 1. The second kappa shape index (κ2) is 5.83. The van der Waals surface area contributed by atoms with Gasteiger partial charge in [0.15, 0.2) is 5.37 Å². The van der Waals surface area contributed by atoms with E-state index in [-0.39, 0.29) is 6.42 Å². The molecule has 0 aliphatic carbocycles. The number of thiol groups is 1. The zero-order valence-electron chi connectivity index (χ0n) is 8.99. The molecule has 1 atom stereocenters. The Morgan fingerprint density at radius 2 is 2.18 bits per heavy atom. The van der Waals surface area contributed by atoms with Crippen LogP contribution < -0.4 is 0 Å². The lowest BCUT2D eigenvalue weighted by atomic mass is 10.3. The summed E-state index contributed by atoms with van der Waals surface area (Å²) >= 11 is 4.92. The molecule has 1 rings (SSSR count). The van der Waals surface area contributed by atoms with Crippen molar-refractivity contribution in [1.29, 1.82) is 0 Å². The maximum atomic E-state index is 12.0. The number of imide groups is 1. The Morgan fingerprint density at radius 3 is 2.59 bits per heavy atom. The summed E-state index contributed by atoms with van der Waals surface area (Å²) in [6, 6.07) is 3.19.